The molecule has 12 heavy (non-hydrogen) atoms. The van der Waals surface area contributed by atoms with Gasteiger partial charge in [-0.15, -0.1) is 0 Å². The van der Waals surface area contributed by atoms with E-state index in [4.69, 9.17) is 0 Å². The number of rotatable bonds is 3. The van der Waals surface area contributed by atoms with Crippen molar-refractivity contribution in [2.24, 2.45) is 5.92 Å². The number of carbonyl (C=O) groups is 1. The van der Waals surface area contributed by atoms with Crippen LogP contribution >= 0.6 is 0 Å². The molecule has 0 aromatic carbocycles. The molecule has 1 heterocycles. The van der Waals surface area contributed by atoms with E-state index in [1.807, 2.05) is 11.6 Å². The minimum absolute atomic E-state index is 0.521. The second-order valence-corrected chi connectivity index (χ2v) is 3.40. The molecular formula is C9H14N2O. The van der Waals surface area contributed by atoms with Crippen LogP contribution in [0.5, 0.6) is 0 Å². The predicted molar refractivity (Wildman–Crippen MR) is 47.2 cm³/mol. The lowest BCUT2D eigenvalue weighted by Crippen LogP contribution is -2.07. The summed E-state index contributed by atoms with van der Waals surface area (Å²) >= 11 is 0. The van der Waals surface area contributed by atoms with Crippen LogP contribution in [-0.2, 0) is 6.54 Å². The van der Waals surface area contributed by atoms with Crippen molar-refractivity contribution in [1.29, 1.82) is 0 Å². The van der Waals surface area contributed by atoms with Crippen LogP contribution in [0.2, 0.25) is 0 Å². The van der Waals surface area contributed by atoms with E-state index < -0.39 is 0 Å². The minimum Gasteiger partial charge on any atom is -0.296 e. The maximum Gasteiger partial charge on any atom is 0.170 e. The third kappa shape index (κ3) is 1.94. The maximum absolute atomic E-state index is 10.4. The molecule has 0 fully saturated rings. The molecule has 66 valence electrons. The molecule has 1 aromatic heterocycles. The van der Waals surface area contributed by atoms with Gasteiger partial charge >= 0.3 is 0 Å². The lowest BCUT2D eigenvalue weighted by Gasteiger charge is -2.06. The summed E-state index contributed by atoms with van der Waals surface area (Å²) < 4.78 is 1.87. The van der Waals surface area contributed by atoms with E-state index in [-0.39, 0.29) is 0 Å². The molecule has 0 amide bonds. The van der Waals surface area contributed by atoms with Crippen LogP contribution in [0, 0.1) is 12.8 Å². The molecule has 0 radical (unpaired) electrons. The van der Waals surface area contributed by atoms with Crippen molar-refractivity contribution >= 4 is 6.29 Å². The highest BCUT2D eigenvalue weighted by Gasteiger charge is 2.03. The van der Waals surface area contributed by atoms with Crippen molar-refractivity contribution < 1.29 is 4.79 Å². The monoisotopic (exact) mass is 166 g/mol. The number of nitrogens with zero attached hydrogens (tertiary/aromatic N) is 2. The van der Waals surface area contributed by atoms with Gasteiger partial charge in [0.05, 0.1) is 0 Å². The van der Waals surface area contributed by atoms with Gasteiger partial charge in [-0.1, -0.05) is 13.8 Å². The second-order valence-electron chi connectivity index (χ2n) is 3.40. The van der Waals surface area contributed by atoms with Crippen molar-refractivity contribution in [2.75, 3.05) is 0 Å². The first-order valence-electron chi connectivity index (χ1n) is 4.13. The largest absolute Gasteiger partial charge is 0.296 e. The number of hydrogen-bond donors (Lipinski definition) is 0. The zero-order chi connectivity index (χ0) is 9.14. The summed E-state index contributed by atoms with van der Waals surface area (Å²) in [6.07, 6.45) is 0.782. The minimum atomic E-state index is 0.521. The summed E-state index contributed by atoms with van der Waals surface area (Å²) in [4.78, 5) is 10.4. The molecule has 0 N–H and O–H groups in total. The Balaban J connectivity index is 2.84. The van der Waals surface area contributed by atoms with Gasteiger partial charge in [0.1, 0.15) is 5.69 Å². The van der Waals surface area contributed by atoms with Crippen molar-refractivity contribution in [1.82, 2.24) is 9.78 Å². The van der Waals surface area contributed by atoms with Gasteiger partial charge in [0, 0.05) is 12.2 Å². The molecule has 0 aliphatic carbocycles. The van der Waals surface area contributed by atoms with E-state index in [1.165, 1.54) is 0 Å². The first-order valence-corrected chi connectivity index (χ1v) is 4.13. The Hall–Kier alpha value is -1.12. The molecule has 0 spiro atoms. The number of aryl methyl sites for hydroxylation is 1. The van der Waals surface area contributed by atoms with Gasteiger partial charge < -0.3 is 0 Å². The van der Waals surface area contributed by atoms with Gasteiger partial charge in [0.2, 0.25) is 0 Å². The van der Waals surface area contributed by atoms with Crippen LogP contribution in [-0.4, -0.2) is 16.1 Å². The number of aromatic nitrogens is 2. The lowest BCUT2D eigenvalue weighted by molar-refractivity contribution is 0.111. The van der Waals surface area contributed by atoms with Crippen molar-refractivity contribution in [3.63, 3.8) is 0 Å². The Bertz CT molecular complexity index is 276. The van der Waals surface area contributed by atoms with E-state index in [1.54, 1.807) is 6.07 Å². The number of aldehydes is 1. The third-order valence-electron chi connectivity index (χ3n) is 1.66. The predicted octanol–water partition coefficient (Wildman–Crippen LogP) is 1.66. The summed E-state index contributed by atoms with van der Waals surface area (Å²) in [7, 11) is 0. The summed E-state index contributed by atoms with van der Waals surface area (Å²) in [6.45, 7) is 7.09. The highest BCUT2D eigenvalue weighted by molar-refractivity contribution is 5.71. The van der Waals surface area contributed by atoms with Crippen molar-refractivity contribution in [2.45, 2.75) is 27.3 Å². The van der Waals surface area contributed by atoms with Crippen LogP contribution in [0.1, 0.15) is 30.0 Å². The molecule has 0 saturated heterocycles. The Morgan fingerprint density at radius 3 is 2.75 bits per heavy atom. The van der Waals surface area contributed by atoms with Gasteiger partial charge in [-0.2, -0.15) is 5.10 Å². The second kappa shape index (κ2) is 3.52. The van der Waals surface area contributed by atoms with Crippen LogP contribution in [0.25, 0.3) is 0 Å². The molecule has 3 heteroatoms. The quantitative estimate of drug-likeness (QED) is 0.640. The summed E-state index contributed by atoms with van der Waals surface area (Å²) in [5.41, 5.74) is 1.57. The Kier molecular flexibility index (Phi) is 2.63. The normalized spacial score (nSPS) is 10.7. The first-order chi connectivity index (χ1) is 5.63. The van der Waals surface area contributed by atoms with E-state index in [9.17, 15) is 4.79 Å². The standard InChI is InChI=1S/C9H14N2O/c1-7(2)5-11-8(3)4-9(6-12)10-11/h4,6-7H,5H2,1-3H3. The molecule has 0 unspecified atom stereocenters. The molecule has 0 bridgehead atoms. The first kappa shape index (κ1) is 8.97. The lowest BCUT2D eigenvalue weighted by atomic mass is 10.2. The molecule has 3 nitrogen and oxygen atoms in total. The fraction of sp³-hybridized carbons (Fsp3) is 0.556. The molecule has 1 aromatic rings. The van der Waals surface area contributed by atoms with Gasteiger partial charge in [0.15, 0.2) is 6.29 Å². The molecular weight excluding hydrogens is 152 g/mol. The number of hydrogen-bond acceptors (Lipinski definition) is 2. The average Bonchev–Trinajstić information content (AvgIpc) is 2.31. The smallest absolute Gasteiger partial charge is 0.170 e. The van der Waals surface area contributed by atoms with Gasteiger partial charge in [0.25, 0.3) is 0 Å². The maximum atomic E-state index is 10.4. The van der Waals surface area contributed by atoms with Gasteiger partial charge in [-0.05, 0) is 18.9 Å². The fourth-order valence-corrected chi connectivity index (χ4v) is 1.12. The highest BCUT2D eigenvalue weighted by Crippen LogP contribution is 2.04. The molecule has 0 aliphatic rings. The van der Waals surface area contributed by atoms with Crippen LogP contribution in [0.15, 0.2) is 6.07 Å². The zero-order valence-corrected chi connectivity index (χ0v) is 7.74. The molecule has 0 aliphatic heterocycles. The fourth-order valence-electron chi connectivity index (χ4n) is 1.12. The van der Waals surface area contributed by atoms with E-state index in [2.05, 4.69) is 18.9 Å². The Morgan fingerprint density at radius 2 is 2.33 bits per heavy atom. The SMILES string of the molecule is Cc1cc(C=O)nn1CC(C)C. The van der Waals surface area contributed by atoms with Crippen LogP contribution in [0.3, 0.4) is 0 Å². The highest BCUT2D eigenvalue weighted by atomic mass is 16.1. The van der Waals surface area contributed by atoms with Gasteiger partial charge in [-0.25, -0.2) is 0 Å². The van der Waals surface area contributed by atoms with Gasteiger partial charge in [-0.3, -0.25) is 9.48 Å². The summed E-state index contributed by atoms with van der Waals surface area (Å²) in [6, 6.07) is 1.80. The van der Waals surface area contributed by atoms with Crippen molar-refractivity contribution in [3.8, 4) is 0 Å². The average molecular weight is 166 g/mol. The van der Waals surface area contributed by atoms with Crippen LogP contribution in [0.4, 0.5) is 0 Å². The Labute approximate surface area is 72.4 Å². The van der Waals surface area contributed by atoms with E-state index in [0.717, 1.165) is 18.5 Å². The van der Waals surface area contributed by atoms with E-state index >= 15 is 0 Å². The number of carbonyl (C=O) groups excluding carboxylic acids is 1. The molecule has 0 atom stereocenters. The summed E-state index contributed by atoms with van der Waals surface area (Å²) in [5.74, 6) is 0.558. The topological polar surface area (TPSA) is 34.9 Å². The molecule has 0 saturated carbocycles. The third-order valence-corrected chi connectivity index (χ3v) is 1.66. The zero-order valence-electron chi connectivity index (χ0n) is 7.74. The molecule has 1 rings (SSSR count). The van der Waals surface area contributed by atoms with Crippen molar-refractivity contribution in [3.05, 3.63) is 17.5 Å². The Morgan fingerprint density at radius 1 is 1.67 bits per heavy atom. The van der Waals surface area contributed by atoms with Crippen LogP contribution < -0.4 is 0 Å². The summed E-state index contributed by atoms with van der Waals surface area (Å²) in [5, 5.41) is 4.12. The van der Waals surface area contributed by atoms with E-state index in [0.29, 0.717) is 11.6 Å².